The van der Waals surface area contributed by atoms with E-state index >= 15 is 0 Å². The summed E-state index contributed by atoms with van der Waals surface area (Å²) in [6.07, 6.45) is 0. The maximum Gasteiger partial charge on any atom is 0.339 e. The molecule has 0 atom stereocenters. The molecule has 0 aliphatic rings. The van der Waals surface area contributed by atoms with Gasteiger partial charge in [-0.3, -0.25) is 0 Å². The summed E-state index contributed by atoms with van der Waals surface area (Å²) < 4.78 is 9.97. The topological polar surface area (TPSA) is 55.8 Å². The molecule has 0 unspecified atom stereocenters. The second-order valence-electron chi connectivity index (χ2n) is 2.78. The molecule has 0 heterocycles. The normalized spacial score (nSPS) is 9.64. The smallest absolute Gasteiger partial charge is 0.339 e. The number of rotatable bonds is 3. The number of methoxy groups -OCH3 is 2. The first kappa shape index (κ1) is 10.4. The fourth-order valence-electron chi connectivity index (χ4n) is 1.32. The van der Waals surface area contributed by atoms with E-state index in [0.29, 0.717) is 17.1 Å². The van der Waals surface area contributed by atoms with Crippen LogP contribution < -0.4 is 9.47 Å². The maximum atomic E-state index is 10.9. The first-order valence-corrected chi connectivity index (χ1v) is 4.06. The highest BCUT2D eigenvalue weighted by molar-refractivity contribution is 5.93. The van der Waals surface area contributed by atoms with E-state index in [0.717, 1.165) is 0 Å². The average molecular weight is 196 g/mol. The molecule has 0 aromatic heterocycles. The number of benzene rings is 1. The summed E-state index contributed by atoms with van der Waals surface area (Å²) in [7, 11) is 2.94. The van der Waals surface area contributed by atoms with E-state index in [1.54, 1.807) is 19.1 Å². The van der Waals surface area contributed by atoms with Gasteiger partial charge in [0.15, 0.2) is 0 Å². The fraction of sp³-hybridized carbons (Fsp3) is 0.300. The van der Waals surface area contributed by atoms with E-state index in [4.69, 9.17) is 14.6 Å². The summed E-state index contributed by atoms with van der Waals surface area (Å²) in [6.45, 7) is 1.69. The summed E-state index contributed by atoms with van der Waals surface area (Å²) in [5, 5.41) is 8.96. The van der Waals surface area contributed by atoms with Crippen LogP contribution in [0.25, 0.3) is 0 Å². The Morgan fingerprint density at radius 3 is 2.14 bits per heavy atom. The van der Waals surface area contributed by atoms with Gasteiger partial charge in [0.2, 0.25) is 0 Å². The first-order chi connectivity index (χ1) is 6.61. The van der Waals surface area contributed by atoms with Gasteiger partial charge in [-0.25, -0.2) is 4.79 Å². The molecule has 76 valence electrons. The summed E-state index contributed by atoms with van der Waals surface area (Å²) in [6, 6.07) is 3.26. The quantitative estimate of drug-likeness (QED) is 0.799. The molecular weight excluding hydrogens is 184 g/mol. The van der Waals surface area contributed by atoms with Crippen LogP contribution in [0.4, 0.5) is 0 Å². The minimum absolute atomic E-state index is 0.145. The fourth-order valence-corrected chi connectivity index (χ4v) is 1.32. The lowest BCUT2D eigenvalue weighted by molar-refractivity contribution is 0.0692. The van der Waals surface area contributed by atoms with Gasteiger partial charge in [0.1, 0.15) is 17.1 Å². The molecule has 0 saturated carbocycles. The van der Waals surface area contributed by atoms with Crippen molar-refractivity contribution in [1.29, 1.82) is 0 Å². The molecule has 4 nitrogen and oxygen atoms in total. The Morgan fingerprint density at radius 1 is 1.21 bits per heavy atom. The van der Waals surface area contributed by atoms with E-state index in [-0.39, 0.29) is 5.56 Å². The molecule has 0 saturated heterocycles. The number of carboxylic acids is 1. The van der Waals surface area contributed by atoms with Crippen LogP contribution in [0.5, 0.6) is 11.5 Å². The highest BCUT2D eigenvalue weighted by Crippen LogP contribution is 2.29. The second kappa shape index (κ2) is 4.00. The van der Waals surface area contributed by atoms with Crippen LogP contribution in [0.1, 0.15) is 15.9 Å². The minimum atomic E-state index is -1.02. The summed E-state index contributed by atoms with van der Waals surface area (Å²) in [5.41, 5.74) is 0.714. The zero-order valence-electron chi connectivity index (χ0n) is 8.33. The van der Waals surface area contributed by atoms with Gasteiger partial charge in [-0.2, -0.15) is 0 Å². The zero-order valence-corrected chi connectivity index (χ0v) is 8.33. The molecule has 0 bridgehead atoms. The number of ether oxygens (including phenoxy) is 2. The number of hydrogen-bond acceptors (Lipinski definition) is 3. The summed E-state index contributed by atoms with van der Waals surface area (Å²) in [4.78, 5) is 10.9. The predicted molar refractivity (Wildman–Crippen MR) is 51.2 cm³/mol. The van der Waals surface area contributed by atoms with Gasteiger partial charge in [-0.1, -0.05) is 0 Å². The number of hydrogen-bond donors (Lipinski definition) is 1. The predicted octanol–water partition coefficient (Wildman–Crippen LogP) is 1.71. The summed E-state index contributed by atoms with van der Waals surface area (Å²) in [5.74, 6) is -0.128. The SMILES string of the molecule is COc1ccc(OC)c(C(=O)O)c1C. The monoisotopic (exact) mass is 196 g/mol. The van der Waals surface area contributed by atoms with Gasteiger partial charge in [0, 0.05) is 5.56 Å². The number of aromatic carboxylic acids is 1. The van der Waals surface area contributed by atoms with E-state index in [9.17, 15) is 4.79 Å². The van der Waals surface area contributed by atoms with E-state index in [1.165, 1.54) is 14.2 Å². The Morgan fingerprint density at radius 2 is 1.71 bits per heavy atom. The summed E-state index contributed by atoms with van der Waals surface area (Å²) >= 11 is 0. The Balaban J connectivity index is 3.39. The molecule has 0 amide bonds. The van der Waals surface area contributed by atoms with Crippen molar-refractivity contribution in [2.75, 3.05) is 14.2 Å². The van der Waals surface area contributed by atoms with Crippen molar-refractivity contribution in [3.63, 3.8) is 0 Å². The van der Waals surface area contributed by atoms with Crippen LogP contribution in [0, 0.1) is 6.92 Å². The van der Waals surface area contributed by atoms with Crippen molar-refractivity contribution >= 4 is 5.97 Å². The first-order valence-electron chi connectivity index (χ1n) is 4.06. The van der Waals surface area contributed by atoms with Gasteiger partial charge < -0.3 is 14.6 Å². The van der Waals surface area contributed by atoms with Crippen LogP contribution in [0.3, 0.4) is 0 Å². The third-order valence-electron chi connectivity index (χ3n) is 2.03. The lowest BCUT2D eigenvalue weighted by atomic mass is 10.1. The van der Waals surface area contributed by atoms with Crippen molar-refractivity contribution in [2.24, 2.45) is 0 Å². The molecule has 0 fully saturated rings. The Bertz CT molecular complexity index is 357. The van der Waals surface area contributed by atoms with E-state index < -0.39 is 5.97 Å². The minimum Gasteiger partial charge on any atom is -0.496 e. The molecule has 0 spiro atoms. The Kier molecular flexibility index (Phi) is 2.96. The molecular formula is C10H12O4. The molecule has 14 heavy (non-hydrogen) atoms. The third kappa shape index (κ3) is 1.64. The van der Waals surface area contributed by atoms with Crippen LogP contribution in [0.2, 0.25) is 0 Å². The van der Waals surface area contributed by atoms with Gasteiger partial charge in [-0.15, -0.1) is 0 Å². The zero-order chi connectivity index (χ0) is 10.7. The van der Waals surface area contributed by atoms with Crippen LogP contribution in [-0.2, 0) is 0 Å². The molecule has 0 radical (unpaired) electrons. The lowest BCUT2D eigenvalue weighted by Gasteiger charge is -2.11. The van der Waals surface area contributed by atoms with Gasteiger partial charge in [-0.05, 0) is 19.1 Å². The molecule has 1 aromatic carbocycles. The molecule has 1 N–H and O–H groups in total. The maximum absolute atomic E-state index is 10.9. The number of carbonyl (C=O) groups is 1. The van der Waals surface area contributed by atoms with Crippen LogP contribution in [-0.4, -0.2) is 25.3 Å². The van der Waals surface area contributed by atoms with Crippen molar-refractivity contribution in [3.05, 3.63) is 23.3 Å². The van der Waals surface area contributed by atoms with Crippen LogP contribution in [0.15, 0.2) is 12.1 Å². The molecule has 4 heteroatoms. The molecule has 1 aromatic rings. The highest BCUT2D eigenvalue weighted by atomic mass is 16.5. The van der Waals surface area contributed by atoms with Crippen molar-refractivity contribution in [3.8, 4) is 11.5 Å². The average Bonchev–Trinajstić information content (AvgIpc) is 2.16. The largest absolute Gasteiger partial charge is 0.496 e. The van der Waals surface area contributed by atoms with Gasteiger partial charge in [0.25, 0.3) is 0 Å². The van der Waals surface area contributed by atoms with Gasteiger partial charge >= 0.3 is 5.97 Å². The standard InChI is InChI=1S/C10H12O4/c1-6-7(13-2)4-5-8(14-3)9(6)10(11)12/h4-5H,1-3H3,(H,11,12). The Labute approximate surface area is 82.1 Å². The Hall–Kier alpha value is -1.71. The van der Waals surface area contributed by atoms with Crippen molar-refractivity contribution in [1.82, 2.24) is 0 Å². The van der Waals surface area contributed by atoms with Crippen LogP contribution >= 0.6 is 0 Å². The number of carboxylic acid groups (broad SMARTS) is 1. The lowest BCUT2D eigenvalue weighted by Crippen LogP contribution is -2.04. The second-order valence-corrected chi connectivity index (χ2v) is 2.78. The third-order valence-corrected chi connectivity index (χ3v) is 2.03. The highest BCUT2D eigenvalue weighted by Gasteiger charge is 2.16. The molecule has 0 aliphatic heterocycles. The van der Waals surface area contributed by atoms with E-state index in [2.05, 4.69) is 0 Å². The molecule has 1 rings (SSSR count). The van der Waals surface area contributed by atoms with Crippen molar-refractivity contribution in [2.45, 2.75) is 6.92 Å². The van der Waals surface area contributed by atoms with Gasteiger partial charge in [0.05, 0.1) is 14.2 Å². The van der Waals surface area contributed by atoms with Crippen molar-refractivity contribution < 1.29 is 19.4 Å². The molecule has 0 aliphatic carbocycles. The van der Waals surface area contributed by atoms with E-state index in [1.807, 2.05) is 0 Å².